The van der Waals surface area contributed by atoms with Gasteiger partial charge in [0.2, 0.25) is 5.91 Å². The van der Waals surface area contributed by atoms with E-state index in [9.17, 15) is 9.00 Å². The van der Waals surface area contributed by atoms with Gasteiger partial charge in [-0.15, -0.1) is 11.8 Å². The number of hydrogen-bond donors (Lipinski definition) is 1. The molecule has 20 heavy (non-hydrogen) atoms. The third-order valence-electron chi connectivity index (χ3n) is 2.80. The normalized spacial score (nSPS) is 13.8. The Balaban J connectivity index is 2.54. The molecule has 0 saturated carbocycles. The average molecular weight is 313 g/mol. The highest BCUT2D eigenvalue weighted by atomic mass is 32.2. The van der Waals surface area contributed by atoms with Crippen LogP contribution in [-0.4, -0.2) is 27.4 Å². The topological polar surface area (TPSA) is 46.2 Å². The molecule has 0 heterocycles. The summed E-state index contributed by atoms with van der Waals surface area (Å²) in [6, 6.07) is 7.56. The molecule has 112 valence electrons. The maximum absolute atomic E-state index is 12.0. The van der Waals surface area contributed by atoms with Gasteiger partial charge in [0.1, 0.15) is 0 Å². The van der Waals surface area contributed by atoms with Gasteiger partial charge in [0, 0.05) is 28.5 Å². The molecule has 1 N–H and O–H groups in total. The number of hydrogen-bond acceptors (Lipinski definition) is 3. The van der Waals surface area contributed by atoms with Crippen molar-refractivity contribution in [1.29, 1.82) is 0 Å². The van der Waals surface area contributed by atoms with E-state index in [2.05, 4.69) is 12.2 Å². The Morgan fingerprint density at radius 2 is 2.20 bits per heavy atom. The molecule has 3 nitrogen and oxygen atoms in total. The second-order valence-electron chi connectivity index (χ2n) is 4.77. The lowest BCUT2D eigenvalue weighted by molar-refractivity contribution is -0.115. The summed E-state index contributed by atoms with van der Waals surface area (Å²) in [5.41, 5.74) is 1.76. The van der Waals surface area contributed by atoms with Gasteiger partial charge in [0.05, 0.1) is 5.25 Å². The molecule has 0 aliphatic heterocycles. The van der Waals surface area contributed by atoms with E-state index in [-0.39, 0.29) is 11.2 Å². The molecule has 0 aromatic heterocycles. The maximum atomic E-state index is 12.0. The van der Waals surface area contributed by atoms with Gasteiger partial charge in [0.15, 0.2) is 0 Å². The number of thioether (sulfide) groups is 1. The molecule has 0 unspecified atom stereocenters. The fraction of sp³-hybridized carbons (Fsp3) is 0.533. The van der Waals surface area contributed by atoms with Crippen molar-refractivity contribution in [3.63, 3.8) is 0 Å². The van der Waals surface area contributed by atoms with Gasteiger partial charge in [-0.3, -0.25) is 9.00 Å². The van der Waals surface area contributed by atoms with Crippen molar-refractivity contribution >= 4 is 34.2 Å². The monoisotopic (exact) mass is 313 g/mol. The Morgan fingerprint density at radius 1 is 1.45 bits per heavy atom. The Hall–Kier alpha value is -0.810. The third kappa shape index (κ3) is 6.57. The van der Waals surface area contributed by atoms with E-state index >= 15 is 0 Å². The number of unbranched alkanes of at least 4 members (excludes halogenated alkanes) is 1. The second-order valence-corrected chi connectivity index (χ2v) is 7.66. The lowest BCUT2D eigenvalue weighted by atomic mass is 10.2. The summed E-state index contributed by atoms with van der Waals surface area (Å²) >= 11 is 1.68. The summed E-state index contributed by atoms with van der Waals surface area (Å²) < 4.78 is 11.2. The molecule has 0 aliphatic carbocycles. The summed E-state index contributed by atoms with van der Waals surface area (Å²) in [4.78, 5) is 12.0. The van der Waals surface area contributed by atoms with Gasteiger partial charge in [-0.05, 0) is 36.8 Å². The zero-order valence-corrected chi connectivity index (χ0v) is 14.0. The van der Waals surface area contributed by atoms with E-state index in [1.54, 1.807) is 18.0 Å². The van der Waals surface area contributed by atoms with Crippen molar-refractivity contribution in [2.45, 2.75) is 37.7 Å². The van der Waals surface area contributed by atoms with Crippen LogP contribution in [0, 0.1) is 0 Å². The molecular formula is C15H23NO2S2. The number of nitrogens with one attached hydrogen (secondary N) is 1. The molecule has 1 aromatic rings. The smallest absolute Gasteiger partial charge is 0.237 e. The molecule has 1 amide bonds. The average Bonchev–Trinajstić information content (AvgIpc) is 2.38. The van der Waals surface area contributed by atoms with Crippen LogP contribution in [0.1, 0.15) is 32.3 Å². The van der Waals surface area contributed by atoms with Crippen LogP contribution in [0.2, 0.25) is 0 Å². The van der Waals surface area contributed by atoms with Crippen LogP contribution in [0.4, 0.5) is 5.69 Å². The van der Waals surface area contributed by atoms with Crippen molar-refractivity contribution in [3.05, 3.63) is 29.8 Å². The van der Waals surface area contributed by atoms with Gasteiger partial charge in [0.25, 0.3) is 0 Å². The first kappa shape index (κ1) is 17.2. The first-order valence-corrected chi connectivity index (χ1v) is 9.62. The Kier molecular flexibility index (Phi) is 7.92. The molecule has 1 aromatic carbocycles. The fourth-order valence-corrected chi connectivity index (χ4v) is 3.37. The lowest BCUT2D eigenvalue weighted by Gasteiger charge is -2.12. The predicted octanol–water partition coefficient (Wildman–Crippen LogP) is 3.43. The van der Waals surface area contributed by atoms with Crippen LogP contribution in [0.25, 0.3) is 0 Å². The molecular weight excluding hydrogens is 290 g/mol. The molecule has 0 aliphatic rings. The minimum atomic E-state index is -0.869. The van der Waals surface area contributed by atoms with Crippen molar-refractivity contribution in [1.82, 2.24) is 0 Å². The molecule has 1 rings (SSSR count). The zero-order valence-electron chi connectivity index (χ0n) is 12.3. The first-order chi connectivity index (χ1) is 9.52. The minimum Gasteiger partial charge on any atom is -0.325 e. The molecule has 0 bridgehead atoms. The quantitative estimate of drug-likeness (QED) is 0.748. The van der Waals surface area contributed by atoms with Gasteiger partial charge < -0.3 is 5.32 Å². The Bertz CT molecular complexity index is 463. The first-order valence-electron chi connectivity index (χ1n) is 6.84. The van der Waals surface area contributed by atoms with Crippen LogP contribution in [0.3, 0.4) is 0 Å². The summed E-state index contributed by atoms with van der Waals surface area (Å²) in [6.07, 6.45) is 3.97. The zero-order chi connectivity index (χ0) is 15.0. The molecule has 0 fully saturated rings. The number of anilines is 1. The summed E-state index contributed by atoms with van der Waals surface area (Å²) in [5.74, 6) is 1.56. The highest BCUT2D eigenvalue weighted by Gasteiger charge is 2.13. The Labute approximate surface area is 128 Å². The molecule has 2 atom stereocenters. The third-order valence-corrected chi connectivity index (χ3v) is 4.78. The van der Waals surface area contributed by atoms with Gasteiger partial charge >= 0.3 is 0 Å². The fourth-order valence-electron chi connectivity index (χ4n) is 1.70. The minimum absolute atomic E-state index is 0.0286. The molecule has 0 saturated heterocycles. The van der Waals surface area contributed by atoms with E-state index in [4.69, 9.17) is 0 Å². The standard InChI is InChI=1S/C15H23NO2S2/c1-4-5-9-19-12(2)15(17)16-14-8-6-7-13(10-14)11-20(3)18/h6-8,10,12H,4-5,9,11H2,1-3H3,(H,16,17)/t12-,20+/m1/s1. The van der Waals surface area contributed by atoms with E-state index in [1.807, 2.05) is 31.2 Å². The summed E-state index contributed by atoms with van der Waals surface area (Å²) in [7, 11) is -0.869. The molecule has 5 heteroatoms. The predicted molar refractivity (Wildman–Crippen MR) is 89.7 cm³/mol. The number of carbonyl (C=O) groups is 1. The van der Waals surface area contributed by atoms with Crippen molar-refractivity contribution in [2.24, 2.45) is 0 Å². The van der Waals surface area contributed by atoms with Crippen molar-refractivity contribution in [3.8, 4) is 0 Å². The number of amides is 1. The second kappa shape index (κ2) is 9.19. The van der Waals surface area contributed by atoms with Crippen LogP contribution in [0.15, 0.2) is 24.3 Å². The highest BCUT2D eigenvalue weighted by Crippen LogP contribution is 2.17. The van der Waals surface area contributed by atoms with Gasteiger partial charge in [-0.2, -0.15) is 0 Å². The highest BCUT2D eigenvalue weighted by molar-refractivity contribution is 8.00. The van der Waals surface area contributed by atoms with Crippen molar-refractivity contribution in [2.75, 3.05) is 17.3 Å². The van der Waals surface area contributed by atoms with Crippen LogP contribution in [-0.2, 0) is 21.3 Å². The van der Waals surface area contributed by atoms with E-state index in [0.717, 1.165) is 29.8 Å². The van der Waals surface area contributed by atoms with Crippen LogP contribution >= 0.6 is 11.8 Å². The summed E-state index contributed by atoms with van der Waals surface area (Å²) in [6.45, 7) is 4.08. The molecule has 0 spiro atoms. The SMILES string of the molecule is CCCCS[C@H](C)C(=O)Nc1cccc(C[S@](C)=O)c1. The lowest BCUT2D eigenvalue weighted by Crippen LogP contribution is -2.22. The number of benzene rings is 1. The van der Waals surface area contributed by atoms with Crippen LogP contribution < -0.4 is 5.32 Å². The number of carbonyl (C=O) groups excluding carboxylic acids is 1. The largest absolute Gasteiger partial charge is 0.325 e. The number of rotatable bonds is 8. The maximum Gasteiger partial charge on any atom is 0.237 e. The van der Waals surface area contributed by atoms with E-state index in [1.165, 1.54) is 0 Å². The van der Waals surface area contributed by atoms with E-state index < -0.39 is 10.8 Å². The summed E-state index contributed by atoms with van der Waals surface area (Å²) in [5, 5.41) is 2.87. The Morgan fingerprint density at radius 3 is 2.85 bits per heavy atom. The van der Waals surface area contributed by atoms with E-state index in [0.29, 0.717) is 5.75 Å². The van der Waals surface area contributed by atoms with Crippen molar-refractivity contribution < 1.29 is 9.00 Å². The van der Waals surface area contributed by atoms with Crippen LogP contribution in [0.5, 0.6) is 0 Å². The van der Waals surface area contributed by atoms with Gasteiger partial charge in [-0.1, -0.05) is 25.5 Å². The molecule has 0 radical (unpaired) electrons. The van der Waals surface area contributed by atoms with Gasteiger partial charge in [-0.25, -0.2) is 0 Å².